The molecule has 0 radical (unpaired) electrons. The second-order valence-corrected chi connectivity index (χ2v) is 6.88. The summed E-state index contributed by atoms with van der Waals surface area (Å²) in [5.74, 6) is 0.256. The molecule has 2 atom stereocenters. The number of amides is 1. The fourth-order valence-corrected chi connectivity index (χ4v) is 3.62. The number of rotatable bonds is 3. The number of para-hydroxylation sites is 1. The molecule has 1 saturated heterocycles. The summed E-state index contributed by atoms with van der Waals surface area (Å²) in [5.41, 5.74) is 2.60. The zero-order chi connectivity index (χ0) is 17.4. The van der Waals surface area contributed by atoms with E-state index in [2.05, 4.69) is 11.1 Å². The largest absolute Gasteiger partial charge is 0.471 e. The number of carbonyl (C=O) groups excluding carboxylic acids is 1. The molecule has 2 unspecified atom stereocenters. The highest BCUT2D eigenvalue weighted by atomic mass is 35.5. The number of benzene rings is 1. The molecule has 0 spiro atoms. The lowest BCUT2D eigenvalue weighted by Gasteiger charge is -2.23. The van der Waals surface area contributed by atoms with Crippen LogP contribution in [-0.4, -0.2) is 36.3 Å². The van der Waals surface area contributed by atoms with Crippen LogP contribution in [0.1, 0.15) is 29.3 Å². The molecule has 0 saturated carbocycles. The van der Waals surface area contributed by atoms with Crippen molar-refractivity contribution in [2.45, 2.75) is 31.9 Å². The van der Waals surface area contributed by atoms with Gasteiger partial charge in [0.25, 0.3) is 5.91 Å². The van der Waals surface area contributed by atoms with E-state index in [9.17, 15) is 4.79 Å². The summed E-state index contributed by atoms with van der Waals surface area (Å²) in [7, 11) is 0. The third-order valence-electron chi connectivity index (χ3n) is 4.65. The molecule has 4 rings (SSSR count). The lowest BCUT2D eigenvalue weighted by atomic mass is 10.1. The van der Waals surface area contributed by atoms with Crippen LogP contribution in [-0.2, 0) is 11.2 Å². The summed E-state index contributed by atoms with van der Waals surface area (Å²) in [5, 5.41) is 0.345. The maximum atomic E-state index is 13.0. The number of fused-ring (bicyclic) bond motifs is 1. The van der Waals surface area contributed by atoms with Gasteiger partial charge in [-0.1, -0.05) is 29.8 Å². The van der Waals surface area contributed by atoms with Crippen molar-refractivity contribution < 1.29 is 14.3 Å². The van der Waals surface area contributed by atoms with E-state index in [1.165, 1.54) is 11.8 Å². The lowest BCUT2D eigenvalue weighted by molar-refractivity contribution is 0.0980. The van der Waals surface area contributed by atoms with Crippen LogP contribution in [0.3, 0.4) is 0 Å². The van der Waals surface area contributed by atoms with Crippen molar-refractivity contribution in [2.24, 2.45) is 0 Å². The van der Waals surface area contributed by atoms with Crippen molar-refractivity contribution in [3.8, 4) is 5.88 Å². The third kappa shape index (κ3) is 3.10. The Balaban J connectivity index is 1.57. The molecule has 1 amide bonds. The van der Waals surface area contributed by atoms with E-state index in [4.69, 9.17) is 21.1 Å². The summed E-state index contributed by atoms with van der Waals surface area (Å²) in [6.45, 7) is 3.27. The first-order valence-electron chi connectivity index (χ1n) is 8.45. The molecule has 2 aromatic rings. The van der Waals surface area contributed by atoms with Crippen LogP contribution in [0.25, 0.3) is 0 Å². The summed E-state index contributed by atoms with van der Waals surface area (Å²) < 4.78 is 11.0. The van der Waals surface area contributed by atoms with Crippen LogP contribution in [0.5, 0.6) is 5.88 Å². The molecule has 1 aromatic heterocycles. The fourth-order valence-electron chi connectivity index (χ4n) is 3.41. The van der Waals surface area contributed by atoms with Gasteiger partial charge in [-0.2, -0.15) is 0 Å². The Bertz CT molecular complexity index is 805. The Morgan fingerprint density at radius 1 is 1.40 bits per heavy atom. The second-order valence-electron chi connectivity index (χ2n) is 6.47. The first-order valence-corrected chi connectivity index (χ1v) is 8.82. The smallest absolute Gasteiger partial charge is 0.260 e. The van der Waals surface area contributed by atoms with Crippen LogP contribution in [0, 0.1) is 0 Å². The molecule has 3 heterocycles. The van der Waals surface area contributed by atoms with Gasteiger partial charge in [-0.15, -0.1) is 0 Å². The number of carbonyl (C=O) groups is 1. The van der Waals surface area contributed by atoms with Gasteiger partial charge < -0.3 is 14.4 Å². The number of nitrogens with zero attached hydrogens (tertiary/aromatic N) is 2. The minimum atomic E-state index is -0.0948. The van der Waals surface area contributed by atoms with Crippen molar-refractivity contribution in [1.82, 2.24) is 4.98 Å². The van der Waals surface area contributed by atoms with Gasteiger partial charge in [0.15, 0.2) is 0 Å². The SMILES string of the molecule is CC1Cc2ccccc2N1C(=O)c1cnc(OC2CCOC2)c(Cl)c1. The van der Waals surface area contributed by atoms with E-state index < -0.39 is 0 Å². The fraction of sp³-hybridized carbons (Fsp3) is 0.368. The molecular weight excluding hydrogens is 340 g/mol. The molecular formula is C19H19ClN2O3. The van der Waals surface area contributed by atoms with E-state index in [-0.39, 0.29) is 18.1 Å². The number of pyridine rings is 1. The minimum absolute atomic E-state index is 0.0305. The molecule has 1 fully saturated rings. The average Bonchev–Trinajstić information content (AvgIpc) is 3.22. The van der Waals surface area contributed by atoms with Crippen LogP contribution in [0.4, 0.5) is 5.69 Å². The second kappa shape index (κ2) is 6.65. The number of anilines is 1. The molecule has 2 aliphatic heterocycles. The Kier molecular flexibility index (Phi) is 4.36. The van der Waals surface area contributed by atoms with Gasteiger partial charge in [0.2, 0.25) is 5.88 Å². The topological polar surface area (TPSA) is 51.7 Å². The molecule has 6 heteroatoms. The van der Waals surface area contributed by atoms with Crippen molar-refractivity contribution in [2.75, 3.05) is 18.1 Å². The molecule has 25 heavy (non-hydrogen) atoms. The highest BCUT2D eigenvalue weighted by Crippen LogP contribution is 2.34. The quantitative estimate of drug-likeness (QED) is 0.842. The van der Waals surface area contributed by atoms with Gasteiger partial charge in [-0.3, -0.25) is 4.79 Å². The summed E-state index contributed by atoms with van der Waals surface area (Å²) in [6, 6.07) is 9.72. The van der Waals surface area contributed by atoms with Crippen LogP contribution in [0.2, 0.25) is 5.02 Å². The van der Waals surface area contributed by atoms with E-state index in [1.807, 2.05) is 30.0 Å². The van der Waals surface area contributed by atoms with Crippen LogP contribution in [0.15, 0.2) is 36.5 Å². The Morgan fingerprint density at radius 2 is 2.24 bits per heavy atom. The van der Waals surface area contributed by atoms with Crippen molar-refractivity contribution in [1.29, 1.82) is 0 Å². The molecule has 0 aliphatic carbocycles. The number of hydrogen-bond acceptors (Lipinski definition) is 4. The molecule has 5 nitrogen and oxygen atoms in total. The van der Waals surface area contributed by atoms with E-state index in [0.29, 0.717) is 29.7 Å². The normalized spacial score (nSPS) is 22.1. The highest BCUT2D eigenvalue weighted by molar-refractivity contribution is 6.32. The predicted molar refractivity (Wildman–Crippen MR) is 95.5 cm³/mol. The zero-order valence-corrected chi connectivity index (χ0v) is 14.7. The van der Waals surface area contributed by atoms with Crippen molar-refractivity contribution in [3.63, 3.8) is 0 Å². The van der Waals surface area contributed by atoms with Gasteiger partial charge in [-0.05, 0) is 31.0 Å². The average molecular weight is 359 g/mol. The minimum Gasteiger partial charge on any atom is -0.471 e. The summed E-state index contributed by atoms with van der Waals surface area (Å²) in [4.78, 5) is 19.1. The first-order chi connectivity index (χ1) is 12.1. The van der Waals surface area contributed by atoms with E-state index >= 15 is 0 Å². The number of hydrogen-bond donors (Lipinski definition) is 0. The van der Waals surface area contributed by atoms with E-state index in [1.54, 1.807) is 6.07 Å². The molecule has 2 aliphatic rings. The van der Waals surface area contributed by atoms with Crippen molar-refractivity contribution >= 4 is 23.2 Å². The molecule has 130 valence electrons. The monoisotopic (exact) mass is 358 g/mol. The predicted octanol–water partition coefficient (Wildman–Crippen LogP) is 3.49. The summed E-state index contributed by atoms with van der Waals surface area (Å²) >= 11 is 6.30. The van der Waals surface area contributed by atoms with Crippen LogP contribution >= 0.6 is 11.6 Å². The zero-order valence-electron chi connectivity index (χ0n) is 13.9. The first kappa shape index (κ1) is 16.4. The maximum absolute atomic E-state index is 13.0. The van der Waals surface area contributed by atoms with Gasteiger partial charge in [0.1, 0.15) is 11.1 Å². The van der Waals surface area contributed by atoms with Gasteiger partial charge in [0, 0.05) is 24.3 Å². The van der Waals surface area contributed by atoms with Gasteiger partial charge >= 0.3 is 0 Å². The Labute approximate surface area is 151 Å². The van der Waals surface area contributed by atoms with Crippen molar-refractivity contribution in [3.05, 3.63) is 52.7 Å². The number of halogens is 1. The van der Waals surface area contributed by atoms with Gasteiger partial charge in [0.05, 0.1) is 18.8 Å². The highest BCUT2D eigenvalue weighted by Gasteiger charge is 2.31. The Morgan fingerprint density at radius 3 is 3.00 bits per heavy atom. The Hall–Kier alpha value is -2.11. The number of ether oxygens (including phenoxy) is 2. The lowest BCUT2D eigenvalue weighted by Crippen LogP contribution is -2.35. The molecule has 1 aromatic carbocycles. The van der Waals surface area contributed by atoms with Crippen LogP contribution < -0.4 is 9.64 Å². The van der Waals surface area contributed by atoms with Gasteiger partial charge in [-0.25, -0.2) is 4.98 Å². The summed E-state index contributed by atoms with van der Waals surface area (Å²) in [6.07, 6.45) is 3.18. The maximum Gasteiger partial charge on any atom is 0.260 e. The molecule has 0 N–H and O–H groups in total. The number of aromatic nitrogens is 1. The standard InChI is InChI=1S/C19H19ClN2O3/c1-12-8-13-4-2-3-5-17(13)22(12)19(23)14-9-16(20)18(21-10-14)25-15-6-7-24-11-15/h2-5,9-10,12,15H,6-8,11H2,1H3. The third-order valence-corrected chi connectivity index (χ3v) is 4.92. The molecule has 0 bridgehead atoms. The van der Waals surface area contributed by atoms with E-state index in [0.717, 1.165) is 18.5 Å².